The maximum Gasteiger partial charge on any atom is 0.258 e. The second kappa shape index (κ2) is 8.82. The largest absolute Gasteiger partial charge is 0.483 e. The van der Waals surface area contributed by atoms with Gasteiger partial charge in [-0.05, 0) is 30.4 Å². The number of para-hydroxylation sites is 1. The van der Waals surface area contributed by atoms with Gasteiger partial charge in [-0.2, -0.15) is 0 Å². The van der Waals surface area contributed by atoms with Crippen molar-refractivity contribution >= 4 is 5.91 Å². The summed E-state index contributed by atoms with van der Waals surface area (Å²) in [6.45, 7) is 4.38. The van der Waals surface area contributed by atoms with E-state index in [9.17, 15) is 4.79 Å². The molecule has 1 N–H and O–H groups in total. The first-order valence-electron chi connectivity index (χ1n) is 8.68. The van der Waals surface area contributed by atoms with Gasteiger partial charge in [0, 0.05) is 6.04 Å². The minimum absolute atomic E-state index is 0.00383. The van der Waals surface area contributed by atoms with Crippen molar-refractivity contribution in [2.24, 2.45) is 0 Å². The maximum atomic E-state index is 12.1. The average Bonchev–Trinajstić information content (AvgIpc) is 2.48. The summed E-state index contributed by atoms with van der Waals surface area (Å²) in [4.78, 5) is 12.1. The van der Waals surface area contributed by atoms with E-state index in [0.29, 0.717) is 12.0 Å². The van der Waals surface area contributed by atoms with Gasteiger partial charge in [-0.3, -0.25) is 4.79 Å². The Balaban J connectivity index is 1.82. The topological polar surface area (TPSA) is 38.3 Å². The third-order valence-corrected chi connectivity index (χ3v) is 4.37. The van der Waals surface area contributed by atoms with Crippen LogP contribution < -0.4 is 10.1 Å². The summed E-state index contributed by atoms with van der Waals surface area (Å²) in [6.07, 6.45) is 8.59. The molecule has 122 valence electrons. The first-order chi connectivity index (χ1) is 10.7. The van der Waals surface area contributed by atoms with Crippen LogP contribution in [0.25, 0.3) is 0 Å². The highest BCUT2D eigenvalue weighted by molar-refractivity contribution is 5.77. The van der Waals surface area contributed by atoms with Crippen LogP contribution in [0, 0.1) is 0 Å². The highest BCUT2D eigenvalue weighted by Crippen LogP contribution is 2.25. The zero-order chi connectivity index (χ0) is 15.8. The van der Waals surface area contributed by atoms with Crippen LogP contribution in [0.1, 0.15) is 70.3 Å². The van der Waals surface area contributed by atoms with Gasteiger partial charge in [0.25, 0.3) is 5.91 Å². The summed E-state index contributed by atoms with van der Waals surface area (Å²) in [5.41, 5.74) is 1.15. The first-order valence-corrected chi connectivity index (χ1v) is 8.68. The SMILES string of the molecule is CC(C)c1ccccc1OCC(=O)NC1CCCCCCC1. The number of rotatable bonds is 5. The van der Waals surface area contributed by atoms with E-state index in [2.05, 4.69) is 25.2 Å². The standard InChI is InChI=1S/C19H29NO2/c1-15(2)17-12-8-9-13-18(17)22-14-19(21)20-16-10-6-4-3-5-7-11-16/h8-9,12-13,15-16H,3-7,10-11,14H2,1-2H3,(H,20,21). The number of hydrogen-bond donors (Lipinski definition) is 1. The van der Waals surface area contributed by atoms with E-state index in [-0.39, 0.29) is 12.5 Å². The minimum atomic E-state index is 0.00383. The Morgan fingerprint density at radius 1 is 1.14 bits per heavy atom. The number of carbonyl (C=O) groups excluding carboxylic acids is 1. The van der Waals surface area contributed by atoms with Crippen LogP contribution in [0.2, 0.25) is 0 Å². The van der Waals surface area contributed by atoms with E-state index in [0.717, 1.165) is 24.2 Å². The quantitative estimate of drug-likeness (QED) is 0.874. The monoisotopic (exact) mass is 303 g/mol. The zero-order valence-corrected chi connectivity index (χ0v) is 13.9. The first kappa shape index (κ1) is 16.9. The summed E-state index contributed by atoms with van der Waals surface area (Å²) in [7, 11) is 0. The number of hydrogen-bond acceptors (Lipinski definition) is 2. The molecular weight excluding hydrogens is 274 g/mol. The molecule has 1 fully saturated rings. The molecule has 0 unspecified atom stereocenters. The fourth-order valence-corrected chi connectivity index (χ4v) is 3.10. The van der Waals surface area contributed by atoms with Crippen LogP contribution in [-0.2, 0) is 4.79 Å². The summed E-state index contributed by atoms with van der Waals surface area (Å²) in [6, 6.07) is 8.30. The van der Waals surface area contributed by atoms with Gasteiger partial charge in [-0.15, -0.1) is 0 Å². The fourth-order valence-electron chi connectivity index (χ4n) is 3.10. The molecule has 22 heavy (non-hydrogen) atoms. The van der Waals surface area contributed by atoms with Gasteiger partial charge in [0.1, 0.15) is 5.75 Å². The predicted molar refractivity (Wildman–Crippen MR) is 90.3 cm³/mol. The Kier molecular flexibility index (Phi) is 6.75. The van der Waals surface area contributed by atoms with E-state index in [4.69, 9.17) is 4.74 Å². The summed E-state index contributed by atoms with van der Waals surface area (Å²) >= 11 is 0. The predicted octanol–water partition coefficient (Wildman–Crippen LogP) is 4.42. The third kappa shape index (κ3) is 5.36. The maximum absolute atomic E-state index is 12.1. The van der Waals surface area contributed by atoms with Crippen molar-refractivity contribution in [2.45, 2.75) is 70.8 Å². The van der Waals surface area contributed by atoms with Crippen LogP contribution in [0.5, 0.6) is 5.75 Å². The highest BCUT2D eigenvalue weighted by atomic mass is 16.5. The molecule has 0 aliphatic heterocycles. The summed E-state index contributed by atoms with van der Waals surface area (Å²) < 4.78 is 5.75. The van der Waals surface area contributed by atoms with Gasteiger partial charge >= 0.3 is 0 Å². The lowest BCUT2D eigenvalue weighted by molar-refractivity contribution is -0.123. The molecule has 1 amide bonds. The molecule has 0 heterocycles. The third-order valence-electron chi connectivity index (χ3n) is 4.37. The number of ether oxygens (including phenoxy) is 1. The summed E-state index contributed by atoms with van der Waals surface area (Å²) in [5, 5.41) is 3.14. The molecule has 0 aromatic heterocycles. The molecule has 3 nitrogen and oxygen atoms in total. The van der Waals surface area contributed by atoms with Crippen molar-refractivity contribution in [3.05, 3.63) is 29.8 Å². The molecule has 1 aliphatic carbocycles. The van der Waals surface area contributed by atoms with Gasteiger partial charge in [0.05, 0.1) is 0 Å². The molecular formula is C19H29NO2. The van der Waals surface area contributed by atoms with Crippen molar-refractivity contribution < 1.29 is 9.53 Å². The molecule has 0 spiro atoms. The van der Waals surface area contributed by atoms with Crippen LogP contribution in [0.4, 0.5) is 0 Å². The van der Waals surface area contributed by atoms with Crippen LogP contribution in [0.3, 0.4) is 0 Å². The number of nitrogens with one attached hydrogen (secondary N) is 1. The van der Waals surface area contributed by atoms with Crippen molar-refractivity contribution in [2.75, 3.05) is 6.61 Å². The number of carbonyl (C=O) groups is 1. The Labute approximate surface area is 134 Å². The Bertz CT molecular complexity index is 462. The van der Waals surface area contributed by atoms with E-state index in [1.165, 1.54) is 32.1 Å². The molecule has 0 bridgehead atoms. The molecule has 0 saturated heterocycles. The minimum Gasteiger partial charge on any atom is -0.483 e. The lowest BCUT2D eigenvalue weighted by Crippen LogP contribution is -2.38. The van der Waals surface area contributed by atoms with E-state index in [1.807, 2.05) is 18.2 Å². The molecule has 1 saturated carbocycles. The summed E-state index contributed by atoms with van der Waals surface area (Å²) in [5.74, 6) is 1.22. The lowest BCUT2D eigenvalue weighted by atomic mass is 9.97. The van der Waals surface area contributed by atoms with Gasteiger partial charge in [0.2, 0.25) is 0 Å². The average molecular weight is 303 g/mol. The Morgan fingerprint density at radius 3 is 2.45 bits per heavy atom. The second-order valence-electron chi connectivity index (χ2n) is 6.59. The van der Waals surface area contributed by atoms with Crippen molar-refractivity contribution in [3.63, 3.8) is 0 Å². The van der Waals surface area contributed by atoms with Crippen molar-refractivity contribution in [3.8, 4) is 5.75 Å². The smallest absolute Gasteiger partial charge is 0.258 e. The molecule has 0 atom stereocenters. The normalized spacial score (nSPS) is 16.9. The molecule has 2 rings (SSSR count). The molecule has 1 aromatic rings. The number of amides is 1. The molecule has 1 aliphatic rings. The van der Waals surface area contributed by atoms with Gasteiger partial charge < -0.3 is 10.1 Å². The van der Waals surface area contributed by atoms with Gasteiger partial charge in [-0.1, -0.05) is 64.2 Å². The van der Waals surface area contributed by atoms with Gasteiger partial charge in [0.15, 0.2) is 6.61 Å². The second-order valence-corrected chi connectivity index (χ2v) is 6.59. The molecule has 1 aromatic carbocycles. The molecule has 0 radical (unpaired) electrons. The van der Waals surface area contributed by atoms with Crippen LogP contribution in [0.15, 0.2) is 24.3 Å². The molecule has 3 heteroatoms. The zero-order valence-electron chi connectivity index (χ0n) is 13.9. The number of benzene rings is 1. The Morgan fingerprint density at radius 2 is 1.77 bits per heavy atom. The van der Waals surface area contributed by atoms with Gasteiger partial charge in [-0.25, -0.2) is 0 Å². The van der Waals surface area contributed by atoms with E-state index >= 15 is 0 Å². The van der Waals surface area contributed by atoms with Crippen molar-refractivity contribution in [1.82, 2.24) is 5.32 Å². The van der Waals surface area contributed by atoms with E-state index < -0.39 is 0 Å². The van der Waals surface area contributed by atoms with E-state index in [1.54, 1.807) is 0 Å². The van der Waals surface area contributed by atoms with Crippen molar-refractivity contribution in [1.29, 1.82) is 0 Å². The Hall–Kier alpha value is -1.51. The highest BCUT2D eigenvalue weighted by Gasteiger charge is 2.15. The van der Waals surface area contributed by atoms with Crippen LogP contribution in [-0.4, -0.2) is 18.6 Å². The lowest BCUT2D eigenvalue weighted by Gasteiger charge is -2.21. The van der Waals surface area contributed by atoms with Crippen LogP contribution >= 0.6 is 0 Å². The fraction of sp³-hybridized carbons (Fsp3) is 0.632.